The van der Waals surface area contributed by atoms with E-state index in [1.165, 1.54) is 6.07 Å². The number of hydrogen-bond acceptors (Lipinski definition) is 3. The van der Waals surface area contributed by atoms with Gasteiger partial charge in [0.2, 0.25) is 0 Å². The summed E-state index contributed by atoms with van der Waals surface area (Å²) < 4.78 is 5.40. The Morgan fingerprint density at radius 1 is 1.10 bits per heavy atom. The molecular weight excluding hydrogens is 297 g/mol. The van der Waals surface area contributed by atoms with E-state index in [4.69, 9.17) is 27.9 Å². The van der Waals surface area contributed by atoms with Crippen LogP contribution in [0.15, 0.2) is 30.3 Å². The van der Waals surface area contributed by atoms with Crippen LogP contribution in [0.2, 0.25) is 10.0 Å². The Morgan fingerprint density at radius 3 is 2.40 bits per heavy atom. The zero-order valence-electron chi connectivity index (χ0n) is 11.4. The normalized spacial score (nSPS) is 10.4. The highest BCUT2D eigenvalue weighted by molar-refractivity contribution is 6.44. The van der Waals surface area contributed by atoms with Crippen LogP contribution in [0.3, 0.4) is 0 Å². The zero-order valence-corrected chi connectivity index (χ0v) is 13.0. The molecule has 0 saturated heterocycles. The van der Waals surface area contributed by atoms with Crippen molar-refractivity contribution in [3.8, 4) is 22.6 Å². The van der Waals surface area contributed by atoms with Crippen LogP contribution in [0.4, 0.5) is 5.69 Å². The Bertz CT molecular complexity index is 642. The Labute approximate surface area is 128 Å². The largest absolute Gasteiger partial charge is 0.507 e. The first-order chi connectivity index (χ1) is 9.45. The first-order valence-corrected chi connectivity index (χ1v) is 6.74. The molecule has 1 N–H and O–H groups in total. The van der Waals surface area contributed by atoms with Crippen LogP contribution in [-0.4, -0.2) is 26.3 Å². The van der Waals surface area contributed by atoms with Crippen LogP contribution >= 0.6 is 23.2 Å². The van der Waals surface area contributed by atoms with Crippen LogP contribution in [0.1, 0.15) is 0 Å². The number of rotatable bonds is 3. The number of nitrogens with zero attached hydrogens (tertiary/aromatic N) is 1. The third kappa shape index (κ3) is 2.65. The van der Waals surface area contributed by atoms with Gasteiger partial charge in [0.15, 0.2) is 0 Å². The van der Waals surface area contributed by atoms with Gasteiger partial charge in [-0.05, 0) is 24.3 Å². The summed E-state index contributed by atoms with van der Waals surface area (Å²) in [6.45, 7) is 0. The van der Waals surface area contributed by atoms with Crippen molar-refractivity contribution in [1.82, 2.24) is 0 Å². The van der Waals surface area contributed by atoms with Crippen molar-refractivity contribution in [2.24, 2.45) is 0 Å². The Hall–Kier alpha value is -1.58. The molecule has 0 radical (unpaired) electrons. The van der Waals surface area contributed by atoms with E-state index in [1.807, 2.05) is 37.2 Å². The number of ether oxygens (including phenoxy) is 1. The average Bonchev–Trinajstić information content (AvgIpc) is 2.43. The molecule has 0 aliphatic heterocycles. The topological polar surface area (TPSA) is 32.7 Å². The molecule has 0 bridgehead atoms. The number of methoxy groups -OCH3 is 1. The van der Waals surface area contributed by atoms with Gasteiger partial charge >= 0.3 is 0 Å². The van der Waals surface area contributed by atoms with E-state index >= 15 is 0 Å². The fourth-order valence-corrected chi connectivity index (χ4v) is 2.38. The van der Waals surface area contributed by atoms with E-state index in [2.05, 4.69) is 0 Å². The minimum Gasteiger partial charge on any atom is -0.507 e. The molecule has 0 aromatic heterocycles. The highest BCUT2D eigenvalue weighted by Gasteiger charge is 2.17. The van der Waals surface area contributed by atoms with E-state index < -0.39 is 0 Å². The van der Waals surface area contributed by atoms with E-state index in [0.29, 0.717) is 26.9 Å². The molecule has 106 valence electrons. The molecule has 0 saturated carbocycles. The molecular formula is C15H15Cl2NO2. The van der Waals surface area contributed by atoms with Gasteiger partial charge in [-0.3, -0.25) is 0 Å². The van der Waals surface area contributed by atoms with Crippen molar-refractivity contribution >= 4 is 28.9 Å². The van der Waals surface area contributed by atoms with Crippen LogP contribution in [-0.2, 0) is 0 Å². The van der Waals surface area contributed by atoms with Gasteiger partial charge in [0, 0.05) is 37.0 Å². The van der Waals surface area contributed by atoms with Crippen molar-refractivity contribution < 1.29 is 9.84 Å². The van der Waals surface area contributed by atoms with E-state index in [1.54, 1.807) is 13.2 Å². The highest BCUT2D eigenvalue weighted by Crippen LogP contribution is 2.44. The minimum atomic E-state index is 0.0651. The van der Waals surface area contributed by atoms with E-state index in [-0.39, 0.29) is 5.75 Å². The summed E-state index contributed by atoms with van der Waals surface area (Å²) in [5, 5.41) is 10.8. The van der Waals surface area contributed by atoms with E-state index in [9.17, 15) is 5.11 Å². The standard InChI is InChI=1S/C15H15Cl2NO2/c1-18(2)9-4-5-10(13(8-9)20-3)14-12(19)7-6-11(16)15(14)17/h4-8,19H,1-3H3. The average molecular weight is 312 g/mol. The van der Waals surface area contributed by atoms with Gasteiger partial charge < -0.3 is 14.7 Å². The van der Waals surface area contributed by atoms with Gasteiger partial charge in [0.25, 0.3) is 0 Å². The predicted molar refractivity (Wildman–Crippen MR) is 84.4 cm³/mol. The van der Waals surface area contributed by atoms with Crippen molar-refractivity contribution in [3.63, 3.8) is 0 Å². The van der Waals surface area contributed by atoms with Crippen LogP contribution < -0.4 is 9.64 Å². The second kappa shape index (κ2) is 5.81. The summed E-state index contributed by atoms with van der Waals surface area (Å²) in [5.41, 5.74) is 2.16. The number of phenols is 1. The summed E-state index contributed by atoms with van der Waals surface area (Å²) in [6.07, 6.45) is 0. The molecule has 0 unspecified atom stereocenters. The molecule has 0 heterocycles. The van der Waals surface area contributed by atoms with Gasteiger partial charge in [0.1, 0.15) is 11.5 Å². The maximum Gasteiger partial charge on any atom is 0.128 e. The zero-order chi connectivity index (χ0) is 14.9. The van der Waals surface area contributed by atoms with Gasteiger partial charge in [-0.1, -0.05) is 23.2 Å². The maximum absolute atomic E-state index is 10.1. The summed E-state index contributed by atoms with van der Waals surface area (Å²) >= 11 is 12.2. The molecule has 2 aromatic rings. The molecule has 3 nitrogen and oxygen atoms in total. The van der Waals surface area contributed by atoms with Crippen molar-refractivity contribution in [2.75, 3.05) is 26.1 Å². The molecule has 0 atom stereocenters. The van der Waals surface area contributed by atoms with Crippen molar-refractivity contribution in [2.45, 2.75) is 0 Å². The molecule has 5 heteroatoms. The lowest BCUT2D eigenvalue weighted by atomic mass is 10.0. The first kappa shape index (κ1) is 14.8. The molecule has 0 amide bonds. The summed E-state index contributed by atoms with van der Waals surface area (Å²) in [5.74, 6) is 0.686. The molecule has 0 aliphatic carbocycles. The van der Waals surface area contributed by atoms with E-state index in [0.717, 1.165) is 5.69 Å². The molecule has 20 heavy (non-hydrogen) atoms. The molecule has 2 aromatic carbocycles. The van der Waals surface area contributed by atoms with Gasteiger partial charge in [0.05, 0.1) is 17.2 Å². The molecule has 0 fully saturated rings. The van der Waals surface area contributed by atoms with Crippen molar-refractivity contribution in [1.29, 1.82) is 0 Å². The number of anilines is 1. The lowest BCUT2D eigenvalue weighted by molar-refractivity contribution is 0.416. The fourth-order valence-electron chi connectivity index (χ4n) is 1.96. The van der Waals surface area contributed by atoms with Gasteiger partial charge in [-0.15, -0.1) is 0 Å². The third-order valence-corrected chi connectivity index (χ3v) is 3.85. The maximum atomic E-state index is 10.1. The van der Waals surface area contributed by atoms with Crippen LogP contribution in [0, 0.1) is 0 Å². The number of aromatic hydroxyl groups is 1. The minimum absolute atomic E-state index is 0.0651. The second-order valence-electron chi connectivity index (χ2n) is 4.53. The molecule has 0 spiro atoms. The summed E-state index contributed by atoms with van der Waals surface area (Å²) in [6, 6.07) is 8.73. The number of hydrogen-bond donors (Lipinski definition) is 1. The second-order valence-corrected chi connectivity index (χ2v) is 5.32. The Balaban J connectivity index is 2.67. The number of phenolic OH excluding ortho intramolecular Hbond substituents is 1. The molecule has 2 rings (SSSR count). The molecule has 0 aliphatic rings. The lowest BCUT2D eigenvalue weighted by Crippen LogP contribution is -2.08. The quantitative estimate of drug-likeness (QED) is 0.909. The van der Waals surface area contributed by atoms with Crippen LogP contribution in [0.5, 0.6) is 11.5 Å². The number of benzene rings is 2. The van der Waals surface area contributed by atoms with Crippen LogP contribution in [0.25, 0.3) is 11.1 Å². The van der Waals surface area contributed by atoms with Gasteiger partial charge in [-0.25, -0.2) is 0 Å². The van der Waals surface area contributed by atoms with Crippen molar-refractivity contribution in [3.05, 3.63) is 40.4 Å². The smallest absolute Gasteiger partial charge is 0.128 e. The Morgan fingerprint density at radius 2 is 1.80 bits per heavy atom. The highest BCUT2D eigenvalue weighted by atomic mass is 35.5. The number of halogens is 2. The SMILES string of the molecule is COc1cc(N(C)C)ccc1-c1c(O)ccc(Cl)c1Cl. The Kier molecular flexibility index (Phi) is 4.31. The predicted octanol–water partition coefficient (Wildman–Crippen LogP) is 4.44. The first-order valence-electron chi connectivity index (χ1n) is 5.98. The summed E-state index contributed by atoms with van der Waals surface area (Å²) in [4.78, 5) is 1.96. The lowest BCUT2D eigenvalue weighted by Gasteiger charge is -2.17. The monoisotopic (exact) mass is 311 g/mol. The fraction of sp³-hybridized carbons (Fsp3) is 0.200. The third-order valence-electron chi connectivity index (χ3n) is 3.04. The van der Waals surface area contributed by atoms with Gasteiger partial charge in [-0.2, -0.15) is 0 Å². The summed E-state index contributed by atoms with van der Waals surface area (Å²) in [7, 11) is 5.46.